The molecular formula is C14H25N3O2. The molecule has 1 saturated carbocycles. The van der Waals surface area contributed by atoms with Crippen molar-refractivity contribution in [2.45, 2.75) is 64.0 Å². The summed E-state index contributed by atoms with van der Waals surface area (Å²) in [5.41, 5.74) is 0. The van der Waals surface area contributed by atoms with Gasteiger partial charge in [-0.25, -0.2) is 4.79 Å². The van der Waals surface area contributed by atoms with Crippen molar-refractivity contribution in [1.29, 1.82) is 0 Å². The summed E-state index contributed by atoms with van der Waals surface area (Å²) in [6.07, 6.45) is 8.71. The van der Waals surface area contributed by atoms with Crippen molar-refractivity contribution in [3.05, 3.63) is 0 Å². The topological polar surface area (TPSA) is 61.4 Å². The fourth-order valence-corrected chi connectivity index (χ4v) is 2.96. The number of amides is 3. The summed E-state index contributed by atoms with van der Waals surface area (Å²) >= 11 is 0. The number of imide groups is 1. The molecule has 1 atom stereocenters. The molecule has 2 rings (SSSR count). The summed E-state index contributed by atoms with van der Waals surface area (Å²) in [6, 6.07) is -0.102. The van der Waals surface area contributed by atoms with E-state index in [0.29, 0.717) is 19.1 Å². The van der Waals surface area contributed by atoms with Crippen LogP contribution in [-0.4, -0.2) is 42.0 Å². The van der Waals surface area contributed by atoms with Crippen molar-refractivity contribution >= 4 is 11.9 Å². The van der Waals surface area contributed by atoms with Crippen LogP contribution in [0, 0.1) is 0 Å². The molecular weight excluding hydrogens is 242 g/mol. The summed E-state index contributed by atoms with van der Waals surface area (Å²) in [5.74, 6) is -0.0999. The summed E-state index contributed by atoms with van der Waals surface area (Å²) in [7, 11) is 0. The molecule has 1 saturated heterocycles. The zero-order valence-corrected chi connectivity index (χ0v) is 11.8. The van der Waals surface area contributed by atoms with Crippen molar-refractivity contribution in [2.75, 3.05) is 13.1 Å². The molecule has 2 fully saturated rings. The zero-order valence-electron chi connectivity index (χ0n) is 11.8. The first-order valence-corrected chi connectivity index (χ1v) is 7.54. The lowest BCUT2D eigenvalue weighted by Gasteiger charge is -2.26. The molecule has 1 aliphatic heterocycles. The van der Waals surface area contributed by atoms with Crippen LogP contribution >= 0.6 is 0 Å². The number of carbonyl (C=O) groups excluding carboxylic acids is 2. The molecule has 0 spiro atoms. The lowest BCUT2D eigenvalue weighted by molar-refractivity contribution is -0.129. The smallest absolute Gasteiger partial charge is 0.324 e. The molecule has 19 heavy (non-hydrogen) atoms. The van der Waals surface area contributed by atoms with Crippen LogP contribution < -0.4 is 10.6 Å². The van der Waals surface area contributed by atoms with Gasteiger partial charge in [-0.05, 0) is 19.8 Å². The van der Waals surface area contributed by atoms with Crippen LogP contribution in [0.2, 0.25) is 0 Å². The maximum absolute atomic E-state index is 12.2. The molecule has 1 heterocycles. The van der Waals surface area contributed by atoms with Crippen LogP contribution in [0.25, 0.3) is 0 Å². The summed E-state index contributed by atoms with van der Waals surface area (Å²) in [6.45, 7) is 2.93. The van der Waals surface area contributed by atoms with Gasteiger partial charge in [-0.15, -0.1) is 0 Å². The fourth-order valence-electron chi connectivity index (χ4n) is 2.96. The van der Waals surface area contributed by atoms with Gasteiger partial charge in [0.2, 0.25) is 5.91 Å². The number of nitrogens with one attached hydrogen (secondary N) is 2. The summed E-state index contributed by atoms with van der Waals surface area (Å²) < 4.78 is 0. The quantitative estimate of drug-likeness (QED) is 0.817. The van der Waals surface area contributed by atoms with Crippen molar-refractivity contribution in [2.24, 2.45) is 0 Å². The van der Waals surface area contributed by atoms with E-state index in [1.165, 1.54) is 37.0 Å². The van der Waals surface area contributed by atoms with E-state index in [1.54, 1.807) is 0 Å². The molecule has 0 unspecified atom stereocenters. The van der Waals surface area contributed by atoms with Gasteiger partial charge in [0.1, 0.15) is 0 Å². The van der Waals surface area contributed by atoms with Gasteiger partial charge in [0.05, 0.1) is 6.04 Å². The maximum Gasteiger partial charge on any atom is 0.324 e. The van der Waals surface area contributed by atoms with Crippen LogP contribution in [0.4, 0.5) is 4.79 Å². The molecule has 0 aromatic carbocycles. The Morgan fingerprint density at radius 2 is 1.89 bits per heavy atom. The highest BCUT2D eigenvalue weighted by atomic mass is 16.2. The molecule has 5 heteroatoms. The minimum atomic E-state index is -0.270. The van der Waals surface area contributed by atoms with Gasteiger partial charge in [0.25, 0.3) is 0 Å². The fraction of sp³-hybridized carbons (Fsp3) is 0.857. The van der Waals surface area contributed by atoms with Crippen molar-refractivity contribution in [3.8, 4) is 0 Å². The highest BCUT2D eigenvalue weighted by molar-refractivity contribution is 5.98. The average Bonchev–Trinajstić information content (AvgIpc) is 2.77. The molecule has 2 N–H and O–H groups in total. The molecule has 0 aromatic rings. The highest BCUT2D eigenvalue weighted by Crippen LogP contribution is 2.17. The number of rotatable bonds is 3. The average molecular weight is 267 g/mol. The monoisotopic (exact) mass is 267 g/mol. The molecule has 5 nitrogen and oxygen atoms in total. The molecule has 3 amide bonds. The second-order valence-corrected chi connectivity index (χ2v) is 5.65. The van der Waals surface area contributed by atoms with Crippen LogP contribution in [0.5, 0.6) is 0 Å². The van der Waals surface area contributed by atoms with Gasteiger partial charge < -0.3 is 10.6 Å². The third kappa shape index (κ3) is 3.93. The number of hydrogen-bond acceptors (Lipinski definition) is 3. The standard InChI is InChI=1S/C14H25N3O2/c1-11(13(18)17-10-9-15-14(17)19)16-12-7-5-3-2-4-6-8-12/h11-12,16H,2-10H2,1H3,(H,15,19)/t11-/m1/s1. The normalized spacial score (nSPS) is 23.6. The SMILES string of the molecule is C[C@@H](NC1CCCCCCC1)C(=O)N1CCNC1=O. The third-order valence-corrected chi connectivity index (χ3v) is 4.08. The molecule has 0 aromatic heterocycles. The Kier molecular flexibility index (Phi) is 5.19. The van der Waals surface area contributed by atoms with E-state index in [-0.39, 0.29) is 18.0 Å². The first-order valence-electron chi connectivity index (χ1n) is 7.54. The first kappa shape index (κ1) is 14.3. The maximum atomic E-state index is 12.2. The van der Waals surface area contributed by atoms with E-state index >= 15 is 0 Å². The van der Waals surface area contributed by atoms with Crippen molar-refractivity contribution in [1.82, 2.24) is 15.5 Å². The van der Waals surface area contributed by atoms with Gasteiger partial charge >= 0.3 is 6.03 Å². The third-order valence-electron chi connectivity index (χ3n) is 4.08. The summed E-state index contributed by atoms with van der Waals surface area (Å²) in [4.78, 5) is 25.0. The van der Waals surface area contributed by atoms with E-state index in [1.807, 2.05) is 6.92 Å². The van der Waals surface area contributed by atoms with Gasteiger partial charge in [-0.2, -0.15) is 0 Å². The van der Waals surface area contributed by atoms with Crippen LogP contribution in [-0.2, 0) is 4.79 Å². The first-order chi connectivity index (χ1) is 9.18. The number of hydrogen-bond donors (Lipinski definition) is 2. The Morgan fingerprint density at radius 3 is 2.47 bits per heavy atom. The van der Waals surface area contributed by atoms with E-state index in [0.717, 1.165) is 12.8 Å². The van der Waals surface area contributed by atoms with Gasteiger partial charge in [0, 0.05) is 19.1 Å². The molecule has 108 valence electrons. The molecule has 0 radical (unpaired) electrons. The Labute approximate surface area is 115 Å². The van der Waals surface area contributed by atoms with Crippen molar-refractivity contribution in [3.63, 3.8) is 0 Å². The second kappa shape index (κ2) is 6.89. The van der Waals surface area contributed by atoms with E-state index in [4.69, 9.17) is 0 Å². The van der Waals surface area contributed by atoms with Crippen LogP contribution in [0.3, 0.4) is 0 Å². The highest BCUT2D eigenvalue weighted by Gasteiger charge is 2.30. The number of urea groups is 1. The largest absolute Gasteiger partial charge is 0.336 e. The minimum Gasteiger partial charge on any atom is -0.336 e. The van der Waals surface area contributed by atoms with Gasteiger partial charge in [-0.3, -0.25) is 9.69 Å². The van der Waals surface area contributed by atoms with E-state index < -0.39 is 0 Å². The number of nitrogens with zero attached hydrogens (tertiary/aromatic N) is 1. The number of carbonyl (C=O) groups is 2. The minimum absolute atomic E-state index is 0.0999. The van der Waals surface area contributed by atoms with Gasteiger partial charge in [0.15, 0.2) is 0 Å². The van der Waals surface area contributed by atoms with Crippen LogP contribution in [0.1, 0.15) is 51.9 Å². The van der Waals surface area contributed by atoms with Crippen LogP contribution in [0.15, 0.2) is 0 Å². The molecule has 1 aliphatic carbocycles. The predicted octanol–water partition coefficient (Wildman–Crippen LogP) is 1.63. The lowest BCUT2D eigenvalue weighted by atomic mass is 9.96. The van der Waals surface area contributed by atoms with Crippen molar-refractivity contribution < 1.29 is 9.59 Å². The van der Waals surface area contributed by atoms with Gasteiger partial charge in [-0.1, -0.05) is 32.1 Å². The van der Waals surface area contributed by atoms with E-state index in [2.05, 4.69) is 10.6 Å². The predicted molar refractivity (Wildman–Crippen MR) is 73.8 cm³/mol. The van der Waals surface area contributed by atoms with E-state index in [9.17, 15) is 9.59 Å². The Hall–Kier alpha value is -1.10. The molecule has 2 aliphatic rings. The molecule has 0 bridgehead atoms. The zero-order chi connectivity index (χ0) is 13.7. The Balaban J connectivity index is 1.83. The Bertz CT molecular complexity index is 325. The Morgan fingerprint density at radius 1 is 1.26 bits per heavy atom. The summed E-state index contributed by atoms with van der Waals surface area (Å²) in [5, 5.41) is 6.08. The second-order valence-electron chi connectivity index (χ2n) is 5.65. The lowest BCUT2D eigenvalue weighted by Crippen LogP contribution is -2.49.